The molecule has 7 nitrogen and oxygen atoms in total. The summed E-state index contributed by atoms with van der Waals surface area (Å²) in [4.78, 5) is 8.40. The van der Waals surface area contributed by atoms with E-state index in [0.29, 0.717) is 13.2 Å². The van der Waals surface area contributed by atoms with Crippen LogP contribution in [-0.4, -0.2) is 54.0 Å². The first-order valence-corrected chi connectivity index (χ1v) is 9.40. The highest BCUT2D eigenvalue weighted by atomic mass is 16.5. The van der Waals surface area contributed by atoms with Crippen molar-refractivity contribution in [1.82, 2.24) is 20.2 Å². The molecule has 0 spiro atoms. The zero-order valence-corrected chi connectivity index (χ0v) is 15.9. The van der Waals surface area contributed by atoms with Crippen molar-refractivity contribution in [2.24, 2.45) is 10.4 Å². The van der Waals surface area contributed by atoms with Crippen LogP contribution in [0.2, 0.25) is 0 Å². The van der Waals surface area contributed by atoms with Gasteiger partial charge in [-0.2, -0.15) is 0 Å². The minimum atomic E-state index is -0.00289. The number of hydrogen-bond donors (Lipinski definition) is 3. The van der Waals surface area contributed by atoms with E-state index in [-0.39, 0.29) is 12.0 Å². The quantitative estimate of drug-likeness (QED) is 0.482. The molecule has 0 amide bonds. The van der Waals surface area contributed by atoms with E-state index in [1.54, 1.807) is 13.2 Å². The van der Waals surface area contributed by atoms with E-state index in [2.05, 4.69) is 49.4 Å². The Bertz CT molecular complexity index is 724. The number of aromatic nitrogens is 2. The first kappa shape index (κ1) is 19.4. The maximum absolute atomic E-state index is 9.35. The van der Waals surface area contributed by atoms with E-state index in [0.717, 1.165) is 38.5 Å². The van der Waals surface area contributed by atoms with Crippen LogP contribution in [0.4, 0.5) is 0 Å². The predicted molar refractivity (Wildman–Crippen MR) is 106 cm³/mol. The van der Waals surface area contributed by atoms with E-state index in [9.17, 15) is 5.11 Å². The number of aliphatic hydroxyl groups excluding tert-OH is 1. The van der Waals surface area contributed by atoms with Gasteiger partial charge < -0.3 is 25.0 Å². The lowest BCUT2D eigenvalue weighted by molar-refractivity contribution is 0.127. The van der Waals surface area contributed by atoms with E-state index in [4.69, 9.17) is 4.74 Å². The van der Waals surface area contributed by atoms with Crippen LogP contribution in [0.1, 0.15) is 24.0 Å². The van der Waals surface area contributed by atoms with Gasteiger partial charge in [-0.25, -0.2) is 4.98 Å². The Hall–Kier alpha value is -2.38. The molecule has 0 aliphatic carbocycles. The van der Waals surface area contributed by atoms with E-state index >= 15 is 0 Å². The maximum atomic E-state index is 9.35. The van der Waals surface area contributed by atoms with Crippen molar-refractivity contribution >= 4 is 5.96 Å². The minimum Gasteiger partial charge on any atom is -0.396 e. The number of guanidine groups is 1. The van der Waals surface area contributed by atoms with Gasteiger partial charge in [0.2, 0.25) is 0 Å². The van der Waals surface area contributed by atoms with Crippen molar-refractivity contribution in [3.63, 3.8) is 0 Å². The van der Waals surface area contributed by atoms with Crippen LogP contribution in [0.15, 0.2) is 48.0 Å². The molecule has 0 bridgehead atoms. The molecule has 1 aliphatic rings. The maximum Gasteiger partial charge on any atom is 0.191 e. The van der Waals surface area contributed by atoms with Gasteiger partial charge in [0.15, 0.2) is 5.96 Å². The molecule has 7 heteroatoms. The van der Waals surface area contributed by atoms with E-state index in [1.807, 2.05) is 12.5 Å². The second-order valence-electron chi connectivity index (χ2n) is 7.11. The third kappa shape index (κ3) is 5.55. The van der Waals surface area contributed by atoms with Crippen LogP contribution in [0.3, 0.4) is 0 Å². The molecule has 146 valence electrons. The molecule has 1 fully saturated rings. The number of nitrogens with zero attached hydrogens (tertiary/aromatic N) is 3. The van der Waals surface area contributed by atoms with E-state index < -0.39 is 0 Å². The summed E-state index contributed by atoms with van der Waals surface area (Å²) in [6, 6.07) is 8.50. The SMILES string of the molecule is CN=C(NCc1cccc(Cn2ccnc2)c1)NCC1(CCO)CCOC1. The van der Waals surface area contributed by atoms with Gasteiger partial charge in [0, 0.05) is 57.7 Å². The van der Waals surface area contributed by atoms with Crippen molar-refractivity contribution in [1.29, 1.82) is 0 Å². The Balaban J connectivity index is 1.52. The fourth-order valence-corrected chi connectivity index (χ4v) is 3.42. The topological polar surface area (TPSA) is 83.7 Å². The minimum absolute atomic E-state index is 0.00289. The molecule has 1 atom stereocenters. The van der Waals surface area contributed by atoms with Crippen LogP contribution in [0.25, 0.3) is 0 Å². The summed E-state index contributed by atoms with van der Waals surface area (Å²) in [7, 11) is 1.77. The zero-order valence-electron chi connectivity index (χ0n) is 15.9. The van der Waals surface area contributed by atoms with Gasteiger partial charge in [-0.1, -0.05) is 24.3 Å². The average Bonchev–Trinajstić information content (AvgIpc) is 3.35. The van der Waals surface area contributed by atoms with Crippen LogP contribution in [0.5, 0.6) is 0 Å². The highest BCUT2D eigenvalue weighted by Crippen LogP contribution is 2.31. The van der Waals surface area contributed by atoms with Crippen LogP contribution in [-0.2, 0) is 17.8 Å². The van der Waals surface area contributed by atoms with Crippen molar-refractivity contribution in [2.45, 2.75) is 25.9 Å². The summed E-state index contributed by atoms with van der Waals surface area (Å²) in [6.45, 7) is 3.88. The molecule has 1 unspecified atom stereocenters. The standard InChI is InChI=1S/C20H29N5O2/c1-21-19(24-14-20(5-9-26)6-10-27-15-20)23-12-17-3-2-4-18(11-17)13-25-8-7-22-16-25/h2-4,7-8,11,16,26H,5-6,9-10,12-15H2,1H3,(H2,21,23,24). The lowest BCUT2D eigenvalue weighted by atomic mass is 9.84. The smallest absolute Gasteiger partial charge is 0.191 e. The average molecular weight is 371 g/mol. The van der Waals surface area contributed by atoms with Crippen LogP contribution >= 0.6 is 0 Å². The van der Waals surface area contributed by atoms with Gasteiger partial charge in [-0.05, 0) is 24.0 Å². The number of imidazole rings is 1. The summed E-state index contributed by atoms with van der Waals surface area (Å²) >= 11 is 0. The molecule has 1 aliphatic heterocycles. The van der Waals surface area contributed by atoms with Gasteiger partial charge in [-0.15, -0.1) is 0 Å². The lowest BCUT2D eigenvalue weighted by Crippen LogP contribution is -2.44. The molecule has 2 heterocycles. The van der Waals surface area contributed by atoms with Gasteiger partial charge in [-0.3, -0.25) is 4.99 Å². The summed E-state index contributed by atoms with van der Waals surface area (Å²) in [5.74, 6) is 0.763. The molecule has 3 rings (SSSR count). The summed E-state index contributed by atoms with van der Waals surface area (Å²) in [5, 5.41) is 16.1. The molecule has 2 aromatic rings. The molecule has 1 aromatic carbocycles. The Labute approximate surface area is 160 Å². The second-order valence-corrected chi connectivity index (χ2v) is 7.11. The molecule has 1 saturated heterocycles. The number of ether oxygens (including phenoxy) is 1. The number of hydrogen-bond acceptors (Lipinski definition) is 4. The van der Waals surface area contributed by atoms with Crippen molar-refractivity contribution in [2.75, 3.05) is 33.4 Å². The molecule has 27 heavy (non-hydrogen) atoms. The predicted octanol–water partition coefficient (Wildman–Crippen LogP) is 1.39. The van der Waals surface area contributed by atoms with Gasteiger partial charge >= 0.3 is 0 Å². The summed E-state index contributed by atoms with van der Waals surface area (Å²) in [5.41, 5.74) is 2.43. The van der Waals surface area contributed by atoms with Gasteiger partial charge in [0.05, 0.1) is 12.9 Å². The second kappa shape index (κ2) is 9.53. The molecule has 0 saturated carbocycles. The Kier molecular flexibility index (Phi) is 6.84. The lowest BCUT2D eigenvalue weighted by Gasteiger charge is -2.27. The summed E-state index contributed by atoms with van der Waals surface area (Å²) in [6.07, 6.45) is 7.29. The molecule has 1 aromatic heterocycles. The molecule has 0 radical (unpaired) electrons. The largest absolute Gasteiger partial charge is 0.396 e. The molecular formula is C20H29N5O2. The number of benzene rings is 1. The van der Waals surface area contributed by atoms with Crippen LogP contribution < -0.4 is 10.6 Å². The highest BCUT2D eigenvalue weighted by Gasteiger charge is 2.34. The van der Waals surface area contributed by atoms with Gasteiger partial charge in [0.25, 0.3) is 0 Å². The fourth-order valence-electron chi connectivity index (χ4n) is 3.42. The first-order valence-electron chi connectivity index (χ1n) is 9.40. The third-order valence-electron chi connectivity index (χ3n) is 5.06. The fraction of sp³-hybridized carbons (Fsp3) is 0.500. The third-order valence-corrected chi connectivity index (χ3v) is 5.06. The number of rotatable bonds is 8. The van der Waals surface area contributed by atoms with E-state index in [1.165, 1.54) is 11.1 Å². The van der Waals surface area contributed by atoms with Crippen molar-refractivity contribution in [3.05, 3.63) is 54.1 Å². The number of aliphatic imine (C=N–C) groups is 1. The molecular weight excluding hydrogens is 342 g/mol. The first-order chi connectivity index (χ1) is 13.2. The van der Waals surface area contributed by atoms with Crippen LogP contribution in [0, 0.1) is 5.41 Å². The highest BCUT2D eigenvalue weighted by molar-refractivity contribution is 5.79. The zero-order chi connectivity index (χ0) is 19.0. The Morgan fingerprint density at radius 3 is 2.96 bits per heavy atom. The van der Waals surface area contributed by atoms with Crippen molar-refractivity contribution < 1.29 is 9.84 Å². The number of aliphatic hydroxyl groups is 1. The normalized spacial score (nSPS) is 20.0. The monoisotopic (exact) mass is 371 g/mol. The Morgan fingerprint density at radius 2 is 2.26 bits per heavy atom. The molecule has 3 N–H and O–H groups in total. The summed E-state index contributed by atoms with van der Waals surface area (Å²) < 4.78 is 7.60. The Morgan fingerprint density at radius 1 is 1.37 bits per heavy atom. The van der Waals surface area contributed by atoms with Crippen molar-refractivity contribution in [3.8, 4) is 0 Å². The van der Waals surface area contributed by atoms with Gasteiger partial charge in [0.1, 0.15) is 0 Å². The number of nitrogens with one attached hydrogen (secondary N) is 2.